The van der Waals surface area contributed by atoms with E-state index in [9.17, 15) is 14.9 Å². The Morgan fingerprint density at radius 2 is 2.25 bits per heavy atom. The molecule has 1 aliphatic heterocycles. The van der Waals surface area contributed by atoms with Crippen molar-refractivity contribution in [1.82, 2.24) is 5.43 Å². The molecule has 1 aromatic carbocycles. The van der Waals surface area contributed by atoms with Crippen molar-refractivity contribution in [3.8, 4) is 5.75 Å². The molecule has 1 fully saturated rings. The van der Waals surface area contributed by atoms with Crippen molar-refractivity contribution in [3.05, 3.63) is 34.4 Å². The second kappa shape index (κ2) is 6.31. The minimum atomic E-state index is -0.584. The largest absolute Gasteiger partial charge is 0.484 e. The summed E-state index contributed by atoms with van der Waals surface area (Å²) >= 11 is 0. The number of nitro benzene ring substituents is 1. The first-order chi connectivity index (χ1) is 9.61. The Morgan fingerprint density at radius 1 is 1.50 bits per heavy atom. The van der Waals surface area contributed by atoms with Crippen LogP contribution in [0.4, 0.5) is 5.69 Å². The number of ether oxygens (including phenoxy) is 2. The molecule has 1 saturated heterocycles. The molecule has 20 heavy (non-hydrogen) atoms. The summed E-state index contributed by atoms with van der Waals surface area (Å²) in [6.07, 6.45) is 0.323. The molecule has 3 N–H and O–H groups in total. The van der Waals surface area contributed by atoms with E-state index in [1.54, 1.807) is 12.1 Å². The zero-order chi connectivity index (χ0) is 14.5. The van der Waals surface area contributed by atoms with Gasteiger partial charge in [0, 0.05) is 6.07 Å². The van der Waals surface area contributed by atoms with Crippen LogP contribution in [0, 0.1) is 10.1 Å². The lowest BCUT2D eigenvalue weighted by Crippen LogP contribution is -2.39. The average molecular weight is 281 g/mol. The Labute approximate surface area is 115 Å². The monoisotopic (exact) mass is 281 g/mol. The molecule has 1 aromatic rings. The van der Waals surface area contributed by atoms with Crippen LogP contribution in [0.3, 0.4) is 0 Å². The predicted molar refractivity (Wildman–Crippen MR) is 68.8 cm³/mol. The summed E-state index contributed by atoms with van der Waals surface area (Å²) in [5.41, 5.74) is 1.94. The van der Waals surface area contributed by atoms with Gasteiger partial charge in [0.25, 0.3) is 5.91 Å². The fourth-order valence-electron chi connectivity index (χ4n) is 2.03. The van der Waals surface area contributed by atoms with Crippen LogP contribution in [-0.4, -0.2) is 29.6 Å². The number of hydrazine groups is 1. The number of nitrogens with zero attached hydrogens (tertiary/aromatic N) is 1. The number of nitro groups is 1. The highest BCUT2D eigenvalue weighted by Crippen LogP contribution is 2.27. The lowest BCUT2D eigenvalue weighted by atomic mass is 10.2. The number of nitrogens with two attached hydrogens (primary N) is 1. The topological polar surface area (TPSA) is 117 Å². The number of nitrogens with one attached hydrogen (secondary N) is 1. The van der Waals surface area contributed by atoms with E-state index in [4.69, 9.17) is 15.3 Å². The molecule has 0 aromatic heterocycles. The lowest BCUT2D eigenvalue weighted by Gasteiger charge is -2.13. The maximum Gasteiger partial charge on any atom is 0.310 e. The molecule has 8 heteroatoms. The van der Waals surface area contributed by atoms with Crippen molar-refractivity contribution in [2.24, 2.45) is 5.84 Å². The number of rotatable bonds is 5. The van der Waals surface area contributed by atoms with Gasteiger partial charge in [-0.15, -0.1) is 0 Å². The minimum Gasteiger partial charge on any atom is -0.484 e. The number of carbonyl (C=O) groups is 1. The van der Waals surface area contributed by atoms with Crippen molar-refractivity contribution >= 4 is 11.6 Å². The van der Waals surface area contributed by atoms with E-state index < -0.39 is 11.0 Å². The van der Waals surface area contributed by atoms with Gasteiger partial charge >= 0.3 is 5.69 Å². The Kier molecular flexibility index (Phi) is 4.49. The normalized spacial score (nSPS) is 21.4. The lowest BCUT2D eigenvalue weighted by molar-refractivity contribution is -0.385. The van der Waals surface area contributed by atoms with Crippen LogP contribution in [0.25, 0.3) is 0 Å². The molecule has 0 radical (unpaired) electrons. The van der Waals surface area contributed by atoms with Crippen LogP contribution in [0.1, 0.15) is 12.8 Å². The molecule has 2 rings (SSSR count). The van der Waals surface area contributed by atoms with Crippen molar-refractivity contribution < 1.29 is 19.2 Å². The summed E-state index contributed by atoms with van der Waals surface area (Å²) in [7, 11) is 0. The molecule has 0 aliphatic carbocycles. The summed E-state index contributed by atoms with van der Waals surface area (Å²) < 4.78 is 10.9. The van der Waals surface area contributed by atoms with E-state index in [-0.39, 0.29) is 30.1 Å². The molecule has 0 spiro atoms. The fraction of sp³-hybridized carbons (Fsp3) is 0.417. The molecule has 0 bridgehead atoms. The number of para-hydroxylation sites is 2. The molecule has 2 unspecified atom stereocenters. The van der Waals surface area contributed by atoms with E-state index in [0.29, 0.717) is 12.8 Å². The first kappa shape index (κ1) is 14.2. The highest BCUT2D eigenvalue weighted by Gasteiger charge is 2.31. The van der Waals surface area contributed by atoms with Crippen molar-refractivity contribution in [2.75, 3.05) is 6.61 Å². The SMILES string of the molecule is NNC(=O)C1CCC(COc2ccccc2[N+](=O)[O-])O1. The second-order valence-electron chi connectivity index (χ2n) is 4.37. The molecule has 2 atom stereocenters. The Bertz CT molecular complexity index is 508. The molecular weight excluding hydrogens is 266 g/mol. The van der Waals surface area contributed by atoms with Crippen molar-refractivity contribution in [1.29, 1.82) is 0 Å². The third-order valence-electron chi connectivity index (χ3n) is 3.03. The molecule has 108 valence electrons. The first-order valence-corrected chi connectivity index (χ1v) is 6.14. The number of hydrogen-bond acceptors (Lipinski definition) is 6. The van der Waals surface area contributed by atoms with Crippen LogP contribution in [0.2, 0.25) is 0 Å². The second-order valence-corrected chi connectivity index (χ2v) is 4.37. The van der Waals surface area contributed by atoms with Crippen LogP contribution < -0.4 is 16.0 Å². The number of amides is 1. The van der Waals surface area contributed by atoms with E-state index in [1.807, 2.05) is 5.43 Å². The van der Waals surface area contributed by atoms with Gasteiger partial charge in [-0.25, -0.2) is 5.84 Å². The quantitative estimate of drug-likeness (QED) is 0.351. The third-order valence-corrected chi connectivity index (χ3v) is 3.03. The van der Waals surface area contributed by atoms with Gasteiger partial charge in [0.05, 0.1) is 11.0 Å². The molecule has 8 nitrogen and oxygen atoms in total. The molecule has 1 heterocycles. The minimum absolute atomic E-state index is 0.0956. The van der Waals surface area contributed by atoms with Crippen LogP contribution in [-0.2, 0) is 9.53 Å². The van der Waals surface area contributed by atoms with Crippen LogP contribution in [0.5, 0.6) is 5.75 Å². The van der Waals surface area contributed by atoms with E-state index >= 15 is 0 Å². The summed E-state index contributed by atoms with van der Waals surface area (Å²) in [6, 6.07) is 6.12. The summed E-state index contributed by atoms with van der Waals surface area (Å²) in [5, 5.41) is 10.8. The van der Waals surface area contributed by atoms with Crippen LogP contribution >= 0.6 is 0 Å². The molecular formula is C12H15N3O5. The predicted octanol–water partition coefficient (Wildman–Crippen LogP) is 0.511. The van der Waals surface area contributed by atoms with E-state index in [0.717, 1.165) is 0 Å². The van der Waals surface area contributed by atoms with Gasteiger partial charge < -0.3 is 9.47 Å². The summed E-state index contributed by atoms with van der Waals surface area (Å²) in [4.78, 5) is 21.6. The number of hydrogen-bond donors (Lipinski definition) is 2. The molecule has 0 saturated carbocycles. The van der Waals surface area contributed by atoms with E-state index in [1.165, 1.54) is 12.1 Å². The van der Waals surface area contributed by atoms with Crippen molar-refractivity contribution in [2.45, 2.75) is 25.0 Å². The standard InChI is InChI=1S/C12H15N3O5/c13-14-12(16)11-6-5-8(20-11)7-19-10-4-2-1-3-9(10)15(17)18/h1-4,8,11H,5-7,13H2,(H,14,16). The van der Waals surface area contributed by atoms with E-state index in [2.05, 4.69) is 0 Å². The fourth-order valence-corrected chi connectivity index (χ4v) is 2.03. The number of benzene rings is 1. The summed E-state index contributed by atoms with van der Waals surface area (Å²) in [5.74, 6) is 4.84. The van der Waals surface area contributed by atoms with Gasteiger partial charge in [0.1, 0.15) is 12.7 Å². The molecule has 1 aliphatic rings. The maximum absolute atomic E-state index is 11.3. The Morgan fingerprint density at radius 3 is 2.95 bits per heavy atom. The number of carbonyl (C=O) groups excluding carboxylic acids is 1. The highest BCUT2D eigenvalue weighted by molar-refractivity contribution is 5.80. The van der Waals surface area contributed by atoms with Crippen LogP contribution in [0.15, 0.2) is 24.3 Å². The Balaban J connectivity index is 1.91. The highest BCUT2D eigenvalue weighted by atomic mass is 16.6. The van der Waals surface area contributed by atoms with Crippen molar-refractivity contribution in [3.63, 3.8) is 0 Å². The van der Waals surface area contributed by atoms with Gasteiger partial charge in [-0.05, 0) is 18.9 Å². The third kappa shape index (κ3) is 3.22. The van der Waals surface area contributed by atoms with Gasteiger partial charge in [-0.1, -0.05) is 12.1 Å². The smallest absolute Gasteiger partial charge is 0.310 e. The van der Waals surface area contributed by atoms with Gasteiger partial charge in [0.15, 0.2) is 5.75 Å². The van der Waals surface area contributed by atoms with Gasteiger partial charge in [-0.2, -0.15) is 0 Å². The maximum atomic E-state index is 11.3. The summed E-state index contributed by atoms with van der Waals surface area (Å²) in [6.45, 7) is 0.152. The average Bonchev–Trinajstić information content (AvgIpc) is 2.93. The zero-order valence-electron chi connectivity index (χ0n) is 10.7. The first-order valence-electron chi connectivity index (χ1n) is 6.14. The zero-order valence-corrected chi connectivity index (χ0v) is 10.7. The molecule has 1 amide bonds. The van der Waals surface area contributed by atoms with Gasteiger partial charge in [-0.3, -0.25) is 20.3 Å². The Hall–Kier alpha value is -2.19. The van der Waals surface area contributed by atoms with Gasteiger partial charge in [0.2, 0.25) is 0 Å².